The van der Waals surface area contributed by atoms with Gasteiger partial charge in [0.2, 0.25) is 0 Å². The molecule has 0 spiro atoms. The number of thiophene rings is 1. The van der Waals surface area contributed by atoms with E-state index in [2.05, 4.69) is 145 Å². The van der Waals surface area contributed by atoms with Gasteiger partial charge in [0, 0.05) is 32.6 Å². The van der Waals surface area contributed by atoms with Gasteiger partial charge >= 0.3 is 0 Å². The van der Waals surface area contributed by atoms with Crippen LogP contribution < -0.4 is 10.6 Å². The van der Waals surface area contributed by atoms with Gasteiger partial charge in [0.1, 0.15) is 23.1 Å². The molecule has 0 bridgehead atoms. The first kappa shape index (κ1) is 30.3. The number of aromatic nitrogens is 2. The van der Waals surface area contributed by atoms with E-state index >= 15 is 4.57 Å². The second kappa shape index (κ2) is 11.8. The zero-order chi connectivity index (χ0) is 34.1. The second-order valence-corrected chi connectivity index (χ2v) is 17.5. The normalized spacial score (nSPS) is 17.2. The molecule has 3 atom stereocenters. The highest BCUT2D eigenvalue weighted by atomic mass is 32.1. The highest BCUT2D eigenvalue weighted by Gasteiger charge is 2.38. The van der Waals surface area contributed by atoms with E-state index in [-0.39, 0.29) is 11.6 Å². The van der Waals surface area contributed by atoms with Crippen molar-refractivity contribution in [3.63, 3.8) is 0 Å². The van der Waals surface area contributed by atoms with Gasteiger partial charge in [-0.25, -0.2) is 4.98 Å². The van der Waals surface area contributed by atoms with Crippen molar-refractivity contribution < 1.29 is 4.57 Å². The first-order valence-corrected chi connectivity index (χ1v) is 20.0. The lowest BCUT2D eigenvalue weighted by molar-refractivity contribution is 0.572. The van der Waals surface area contributed by atoms with Crippen LogP contribution in [0.1, 0.15) is 6.92 Å². The van der Waals surface area contributed by atoms with Gasteiger partial charge in [0.25, 0.3) is 0 Å². The maximum absolute atomic E-state index is 15.4. The van der Waals surface area contributed by atoms with Crippen LogP contribution in [0.3, 0.4) is 0 Å². The van der Waals surface area contributed by atoms with Crippen molar-refractivity contribution in [2.24, 2.45) is 5.92 Å². The van der Waals surface area contributed by atoms with Crippen molar-refractivity contribution >= 4 is 76.7 Å². The van der Waals surface area contributed by atoms with E-state index in [9.17, 15) is 0 Å². The Bertz CT molecular complexity index is 2860. The van der Waals surface area contributed by atoms with E-state index in [1.54, 1.807) is 11.3 Å². The summed E-state index contributed by atoms with van der Waals surface area (Å²) in [5.74, 6) is 0.165. The SMILES string of the molecule is CC1C=CC=CC1P(=O)(c1ccccc1)c1ccc(-c2c3ccccc3c(-c3ccc4nc5c6ccccc6sc5n4c3)c3ccccc23)cc1. The molecular weight excluding hydrogens is 660 g/mol. The Labute approximate surface area is 300 Å². The molecular formula is C46H33N2OPS. The number of allylic oxidation sites excluding steroid dienone is 4. The van der Waals surface area contributed by atoms with Gasteiger partial charge in [-0.3, -0.25) is 4.40 Å². The van der Waals surface area contributed by atoms with Crippen molar-refractivity contribution in [2.45, 2.75) is 12.6 Å². The lowest BCUT2D eigenvalue weighted by Crippen LogP contribution is -2.29. The smallest absolute Gasteiger partial charge is 0.150 e. The van der Waals surface area contributed by atoms with Gasteiger partial charge in [0.05, 0.1) is 0 Å². The van der Waals surface area contributed by atoms with Crippen LogP contribution in [0, 0.1) is 5.92 Å². The summed E-state index contributed by atoms with van der Waals surface area (Å²) < 4.78 is 18.9. The van der Waals surface area contributed by atoms with Crippen molar-refractivity contribution in [3.05, 3.63) is 170 Å². The monoisotopic (exact) mass is 692 g/mol. The fraction of sp³-hybridized carbons (Fsp3) is 0.0652. The van der Waals surface area contributed by atoms with Gasteiger partial charge in [0.15, 0.2) is 0 Å². The number of hydrogen-bond donors (Lipinski definition) is 0. The van der Waals surface area contributed by atoms with Crippen LogP contribution in [0.4, 0.5) is 0 Å². The number of fused-ring (bicyclic) bond motifs is 7. The molecule has 0 amide bonds. The Morgan fingerprint density at radius 1 is 0.588 bits per heavy atom. The maximum Gasteiger partial charge on any atom is 0.150 e. The summed E-state index contributed by atoms with van der Waals surface area (Å²) in [4.78, 5) is 6.21. The molecule has 0 N–H and O–H groups in total. The number of pyridine rings is 1. The lowest BCUT2D eigenvalue weighted by atomic mass is 9.86. The van der Waals surface area contributed by atoms with E-state index in [0.717, 1.165) is 32.9 Å². The summed E-state index contributed by atoms with van der Waals surface area (Å²) in [5.41, 5.74) is 6.59. The Morgan fingerprint density at radius 2 is 1.14 bits per heavy atom. The summed E-state index contributed by atoms with van der Waals surface area (Å²) in [6.07, 6.45) is 10.7. The van der Waals surface area contributed by atoms with E-state index < -0.39 is 7.14 Å². The van der Waals surface area contributed by atoms with Crippen molar-refractivity contribution in [3.8, 4) is 22.3 Å². The molecule has 3 aromatic heterocycles. The zero-order valence-corrected chi connectivity index (χ0v) is 29.7. The molecule has 1 aliphatic rings. The summed E-state index contributed by atoms with van der Waals surface area (Å²) in [6, 6.07) is 49.0. The molecule has 10 rings (SSSR count). The predicted molar refractivity (Wildman–Crippen MR) is 219 cm³/mol. The molecule has 0 aliphatic heterocycles. The average Bonchev–Trinajstić information content (AvgIpc) is 3.73. The molecule has 3 unspecified atom stereocenters. The molecule has 0 fully saturated rings. The first-order chi connectivity index (χ1) is 25.1. The maximum atomic E-state index is 15.4. The summed E-state index contributed by atoms with van der Waals surface area (Å²) in [6.45, 7) is 2.17. The summed E-state index contributed by atoms with van der Waals surface area (Å²) in [7, 11) is -3.00. The van der Waals surface area contributed by atoms with Crippen molar-refractivity contribution in [1.82, 2.24) is 9.38 Å². The van der Waals surface area contributed by atoms with Crippen molar-refractivity contribution in [1.29, 1.82) is 0 Å². The summed E-state index contributed by atoms with van der Waals surface area (Å²) in [5, 5.41) is 7.78. The number of benzene rings is 6. The highest BCUT2D eigenvalue weighted by Crippen LogP contribution is 2.53. The average molecular weight is 693 g/mol. The molecule has 5 heteroatoms. The van der Waals surface area contributed by atoms with Crippen LogP contribution in [-0.4, -0.2) is 15.0 Å². The number of rotatable bonds is 5. The van der Waals surface area contributed by atoms with E-state index in [1.165, 1.54) is 47.6 Å². The highest BCUT2D eigenvalue weighted by molar-refractivity contribution is 7.79. The molecule has 1 aliphatic carbocycles. The minimum atomic E-state index is -3.00. The Morgan fingerprint density at radius 3 is 1.80 bits per heavy atom. The van der Waals surface area contributed by atoms with Crippen LogP contribution in [0.2, 0.25) is 0 Å². The van der Waals surface area contributed by atoms with E-state index in [1.807, 2.05) is 36.4 Å². The van der Waals surface area contributed by atoms with Crippen LogP contribution in [0.25, 0.3) is 69.9 Å². The van der Waals surface area contributed by atoms with Gasteiger partial charge in [-0.05, 0) is 67.9 Å². The summed E-state index contributed by atoms with van der Waals surface area (Å²) >= 11 is 1.79. The van der Waals surface area contributed by atoms with E-state index in [4.69, 9.17) is 4.98 Å². The third-order valence-electron chi connectivity index (χ3n) is 10.6. The minimum absolute atomic E-state index is 0.0988. The largest absolute Gasteiger partial charge is 0.313 e. The molecule has 0 saturated carbocycles. The topological polar surface area (TPSA) is 34.4 Å². The Balaban J connectivity index is 1.16. The van der Waals surface area contributed by atoms with Crippen LogP contribution in [0.15, 0.2) is 170 Å². The fourth-order valence-electron chi connectivity index (χ4n) is 8.20. The first-order valence-electron chi connectivity index (χ1n) is 17.4. The lowest BCUT2D eigenvalue weighted by Gasteiger charge is -2.31. The minimum Gasteiger partial charge on any atom is -0.313 e. The van der Waals surface area contributed by atoms with Gasteiger partial charge < -0.3 is 4.57 Å². The van der Waals surface area contributed by atoms with Gasteiger partial charge in [-0.15, -0.1) is 11.3 Å². The third-order valence-corrected chi connectivity index (χ3v) is 15.4. The molecule has 9 aromatic rings. The molecule has 6 aromatic carbocycles. The predicted octanol–water partition coefficient (Wildman–Crippen LogP) is 11.8. The molecule has 3 nitrogen and oxygen atoms in total. The quantitative estimate of drug-likeness (QED) is 0.133. The Hall–Kier alpha value is -5.54. The molecule has 3 heterocycles. The van der Waals surface area contributed by atoms with Gasteiger partial charge in [-0.1, -0.05) is 153 Å². The Kier molecular flexibility index (Phi) is 6.99. The fourth-order valence-corrected chi connectivity index (χ4v) is 12.6. The van der Waals surface area contributed by atoms with Crippen molar-refractivity contribution in [2.75, 3.05) is 0 Å². The van der Waals surface area contributed by atoms with Crippen LogP contribution in [-0.2, 0) is 4.57 Å². The molecule has 0 radical (unpaired) electrons. The van der Waals surface area contributed by atoms with Crippen LogP contribution >= 0.6 is 18.5 Å². The molecule has 0 saturated heterocycles. The number of imidazole rings is 1. The number of hydrogen-bond acceptors (Lipinski definition) is 3. The molecule has 244 valence electrons. The standard InChI is InChI=1S/C46H33N2OPS/c1-30-13-5-11-21-40(30)50(49,33-14-3-2-4-15-33)34-26-23-31(24-27-34)43-35-16-6-8-18-37(35)44(38-19-9-7-17-36(38)43)32-25-28-42-47-45-39-20-10-12-22-41(39)51-46(45)48(42)29-32/h2-30,40H,1H3. The second-order valence-electron chi connectivity index (χ2n) is 13.5. The third kappa shape index (κ3) is 4.64. The van der Waals surface area contributed by atoms with E-state index in [0.29, 0.717) is 0 Å². The zero-order valence-electron chi connectivity index (χ0n) is 28.0. The number of nitrogens with zero attached hydrogens (tertiary/aromatic N) is 2. The van der Waals surface area contributed by atoms with Crippen LogP contribution in [0.5, 0.6) is 0 Å². The molecule has 51 heavy (non-hydrogen) atoms. The van der Waals surface area contributed by atoms with Gasteiger partial charge in [-0.2, -0.15) is 0 Å².